The molecule has 192 valence electrons. The molecule has 2 aromatic heterocycles. The van der Waals surface area contributed by atoms with Gasteiger partial charge in [-0.25, -0.2) is 9.37 Å². The summed E-state index contributed by atoms with van der Waals surface area (Å²) in [5, 5.41) is 14.5. The number of hydrogen-bond acceptors (Lipinski definition) is 6. The van der Waals surface area contributed by atoms with Crippen LogP contribution in [0.4, 0.5) is 15.8 Å². The highest BCUT2D eigenvalue weighted by molar-refractivity contribution is 6.00. The van der Waals surface area contributed by atoms with Crippen LogP contribution in [0.5, 0.6) is 0 Å². The third-order valence-corrected chi connectivity index (χ3v) is 8.43. The van der Waals surface area contributed by atoms with Gasteiger partial charge >= 0.3 is 0 Å². The average Bonchev–Trinajstić information content (AvgIpc) is 3.33. The van der Waals surface area contributed by atoms with Crippen molar-refractivity contribution in [2.75, 3.05) is 42.9 Å². The second-order valence-electron chi connectivity index (χ2n) is 10.8. The third-order valence-electron chi connectivity index (χ3n) is 8.43. The van der Waals surface area contributed by atoms with Gasteiger partial charge in [-0.1, -0.05) is 12.1 Å². The monoisotopic (exact) mass is 502 g/mol. The zero-order valence-corrected chi connectivity index (χ0v) is 20.6. The first kappa shape index (κ1) is 22.7. The Kier molecular flexibility index (Phi) is 5.44. The summed E-state index contributed by atoms with van der Waals surface area (Å²) in [4.78, 5) is 29.0. The molecule has 0 amide bonds. The summed E-state index contributed by atoms with van der Waals surface area (Å²) in [5.41, 5.74) is 3.36. The molecular formula is C28H31FN6O2. The lowest BCUT2D eigenvalue weighted by atomic mass is 9.83. The van der Waals surface area contributed by atoms with Crippen LogP contribution in [0.3, 0.4) is 0 Å². The number of nitrogens with zero attached hydrogens (tertiary/aromatic N) is 3. The first-order valence-electron chi connectivity index (χ1n) is 13.3. The number of aliphatic hydroxyl groups excluding tert-OH is 1. The minimum atomic E-state index is -0.479. The Morgan fingerprint density at radius 2 is 1.86 bits per heavy atom. The molecule has 0 radical (unpaired) electrons. The third kappa shape index (κ3) is 3.97. The largest absolute Gasteiger partial charge is 0.391 e. The fraction of sp³-hybridized carbons (Fsp3) is 0.429. The predicted octanol–water partition coefficient (Wildman–Crippen LogP) is 3.68. The molecule has 0 aliphatic carbocycles. The maximum Gasteiger partial charge on any atom is 0.261 e. The van der Waals surface area contributed by atoms with E-state index in [1.165, 1.54) is 6.07 Å². The van der Waals surface area contributed by atoms with Gasteiger partial charge in [-0.2, -0.15) is 0 Å². The molecule has 8 nitrogen and oxygen atoms in total. The number of nitrogens with one attached hydrogen (secondary N) is 3. The lowest BCUT2D eigenvalue weighted by Crippen LogP contribution is -2.53. The van der Waals surface area contributed by atoms with E-state index in [4.69, 9.17) is 4.98 Å². The smallest absolute Gasteiger partial charge is 0.261 e. The molecule has 4 N–H and O–H groups in total. The summed E-state index contributed by atoms with van der Waals surface area (Å²) in [6, 6.07) is 11.1. The predicted molar refractivity (Wildman–Crippen MR) is 144 cm³/mol. The number of H-pyrrole nitrogens is 2. The fourth-order valence-corrected chi connectivity index (χ4v) is 6.48. The number of rotatable bonds is 4. The summed E-state index contributed by atoms with van der Waals surface area (Å²) in [6.07, 6.45) is 3.28. The molecule has 9 heteroatoms. The number of aromatic nitrogens is 3. The number of anilines is 2. The zero-order valence-electron chi connectivity index (χ0n) is 20.6. The van der Waals surface area contributed by atoms with Gasteiger partial charge in [0, 0.05) is 31.1 Å². The topological polar surface area (TPSA) is 100 Å². The van der Waals surface area contributed by atoms with Crippen LogP contribution >= 0.6 is 0 Å². The molecule has 0 saturated carbocycles. The van der Waals surface area contributed by atoms with Gasteiger partial charge < -0.3 is 30.2 Å². The highest BCUT2D eigenvalue weighted by Gasteiger charge is 2.35. The SMILES string of the molecule is O=c1[nH]c2cc(N3CCCC(O)C3)c(F)cc2c(N[C@@H]2CN3CCC2CC3)c1-c1nc2ccccc2[nH]1. The number of β-amino-alcohol motifs (C(OH)–C–C–N with tert-alkyl or cyclic N) is 1. The number of para-hydroxylation sites is 2. The van der Waals surface area contributed by atoms with E-state index in [0.29, 0.717) is 52.7 Å². The first-order chi connectivity index (χ1) is 18.0. The van der Waals surface area contributed by atoms with Gasteiger partial charge in [-0.3, -0.25) is 4.79 Å². The van der Waals surface area contributed by atoms with E-state index in [-0.39, 0.29) is 17.4 Å². The highest BCUT2D eigenvalue weighted by atomic mass is 19.1. The minimum absolute atomic E-state index is 0.176. The Bertz CT molecular complexity index is 1510. The van der Waals surface area contributed by atoms with Crippen LogP contribution in [0.15, 0.2) is 41.2 Å². The molecule has 2 atom stereocenters. The maximum atomic E-state index is 15.7. The van der Waals surface area contributed by atoms with E-state index in [1.807, 2.05) is 29.2 Å². The number of aliphatic hydroxyl groups is 1. The van der Waals surface area contributed by atoms with Crippen molar-refractivity contribution in [2.45, 2.75) is 37.8 Å². The van der Waals surface area contributed by atoms with Crippen molar-refractivity contribution in [3.05, 3.63) is 52.6 Å². The lowest BCUT2D eigenvalue weighted by molar-refractivity contribution is 0.0976. The fourth-order valence-electron chi connectivity index (χ4n) is 6.48. The van der Waals surface area contributed by atoms with Gasteiger partial charge in [0.2, 0.25) is 0 Å². The number of pyridine rings is 1. The van der Waals surface area contributed by atoms with Crippen LogP contribution in [0.1, 0.15) is 25.7 Å². The Morgan fingerprint density at radius 3 is 2.62 bits per heavy atom. The molecule has 4 aliphatic rings. The Hall–Kier alpha value is -3.43. The number of hydrogen-bond donors (Lipinski definition) is 4. The summed E-state index contributed by atoms with van der Waals surface area (Å²) >= 11 is 0. The highest BCUT2D eigenvalue weighted by Crippen LogP contribution is 2.38. The molecular weight excluding hydrogens is 471 g/mol. The summed E-state index contributed by atoms with van der Waals surface area (Å²) in [5.74, 6) is 0.625. The number of benzene rings is 2. The molecule has 4 aromatic rings. The van der Waals surface area contributed by atoms with Gasteiger partial charge in [0.05, 0.1) is 34.0 Å². The quantitative estimate of drug-likeness (QED) is 0.340. The molecule has 4 fully saturated rings. The van der Waals surface area contributed by atoms with Gasteiger partial charge in [0.15, 0.2) is 0 Å². The Labute approximate surface area is 213 Å². The molecule has 6 heterocycles. The standard InChI is InChI=1S/C28H31FN6O2/c29-19-12-18-22(13-24(19)35-9-3-4-17(36)14-35)33-28(37)25(27-31-20-5-1-2-6-21(20)32-27)26(18)30-23-15-34-10-7-16(23)8-11-34/h1-2,5-6,12-13,16-17,23,36H,3-4,7-11,14-15H2,(H,31,32)(H2,30,33,37)/t17?,23-/m1/s1. The van der Waals surface area contributed by atoms with Crippen LogP contribution in [0.2, 0.25) is 0 Å². The first-order valence-corrected chi connectivity index (χ1v) is 13.3. The van der Waals surface area contributed by atoms with E-state index in [9.17, 15) is 9.90 Å². The van der Waals surface area contributed by atoms with Crippen molar-refractivity contribution >= 4 is 33.3 Å². The number of piperidine rings is 4. The number of aromatic amines is 2. The van der Waals surface area contributed by atoms with E-state index >= 15 is 4.39 Å². The van der Waals surface area contributed by atoms with Crippen LogP contribution < -0.4 is 15.8 Å². The van der Waals surface area contributed by atoms with Crippen molar-refractivity contribution in [2.24, 2.45) is 5.92 Å². The normalized spacial score (nSPS) is 25.7. The second kappa shape index (κ2) is 8.85. The van der Waals surface area contributed by atoms with Crippen LogP contribution in [0.25, 0.3) is 33.3 Å². The van der Waals surface area contributed by atoms with Gasteiger partial charge in [-0.05, 0) is 69.0 Å². The molecule has 1 unspecified atom stereocenters. The Morgan fingerprint density at radius 1 is 1.03 bits per heavy atom. The van der Waals surface area contributed by atoms with Crippen LogP contribution in [0, 0.1) is 11.7 Å². The number of fused-ring (bicyclic) bond motifs is 5. The van der Waals surface area contributed by atoms with Crippen LogP contribution in [-0.2, 0) is 0 Å². The van der Waals surface area contributed by atoms with Crippen LogP contribution in [-0.4, -0.2) is 69.8 Å². The minimum Gasteiger partial charge on any atom is -0.391 e. The van der Waals surface area contributed by atoms with Crippen molar-refractivity contribution in [3.8, 4) is 11.4 Å². The van der Waals surface area contributed by atoms with Crippen molar-refractivity contribution in [3.63, 3.8) is 0 Å². The molecule has 4 saturated heterocycles. The average molecular weight is 503 g/mol. The van der Waals surface area contributed by atoms with Gasteiger partial charge in [0.1, 0.15) is 17.2 Å². The van der Waals surface area contributed by atoms with Gasteiger partial charge in [0.25, 0.3) is 5.56 Å². The molecule has 8 rings (SSSR count). The summed E-state index contributed by atoms with van der Waals surface area (Å²) < 4.78 is 15.7. The number of imidazole rings is 1. The van der Waals surface area contributed by atoms with E-state index in [2.05, 4.69) is 20.2 Å². The Balaban J connectivity index is 1.40. The lowest BCUT2D eigenvalue weighted by Gasteiger charge is -2.45. The van der Waals surface area contributed by atoms with E-state index in [1.54, 1.807) is 6.07 Å². The molecule has 4 aliphatic heterocycles. The van der Waals surface area contributed by atoms with Crippen molar-refractivity contribution in [1.29, 1.82) is 0 Å². The number of halogens is 1. The summed E-state index contributed by atoms with van der Waals surface area (Å²) in [6.45, 7) is 4.18. The van der Waals surface area contributed by atoms with Crippen molar-refractivity contribution < 1.29 is 9.50 Å². The molecule has 0 spiro atoms. The van der Waals surface area contributed by atoms with E-state index < -0.39 is 6.10 Å². The molecule has 37 heavy (non-hydrogen) atoms. The summed E-state index contributed by atoms with van der Waals surface area (Å²) in [7, 11) is 0. The molecule has 2 bridgehead atoms. The second-order valence-corrected chi connectivity index (χ2v) is 10.8. The van der Waals surface area contributed by atoms with Crippen molar-refractivity contribution in [1.82, 2.24) is 19.9 Å². The zero-order chi connectivity index (χ0) is 25.1. The maximum absolute atomic E-state index is 15.7. The van der Waals surface area contributed by atoms with Gasteiger partial charge in [-0.15, -0.1) is 0 Å². The van der Waals surface area contributed by atoms with E-state index in [0.717, 1.165) is 56.4 Å². The molecule has 2 aromatic carbocycles.